The molecule has 0 saturated carbocycles. The summed E-state index contributed by atoms with van der Waals surface area (Å²) in [6, 6.07) is 16.6. The number of hydrogen-bond acceptors (Lipinski definition) is 7. The summed E-state index contributed by atoms with van der Waals surface area (Å²) < 4.78 is 27.2. The number of rotatable bonds is 7. The van der Waals surface area contributed by atoms with Crippen molar-refractivity contribution in [1.29, 1.82) is 0 Å². The Morgan fingerprint density at radius 1 is 1.03 bits per heavy atom. The van der Waals surface area contributed by atoms with Crippen molar-refractivity contribution < 1.29 is 13.2 Å². The van der Waals surface area contributed by atoms with Crippen LogP contribution in [0.2, 0.25) is 5.02 Å². The number of benzene rings is 2. The average molecular weight is 504 g/mol. The Hall–Kier alpha value is -2.63. The summed E-state index contributed by atoms with van der Waals surface area (Å²) in [5.74, 6) is -0.474. The Bertz CT molecular complexity index is 1240. The largest absolute Gasteiger partial charge is 0.297 e. The van der Waals surface area contributed by atoms with E-state index in [0.29, 0.717) is 31.2 Å². The van der Waals surface area contributed by atoms with Gasteiger partial charge in [0.25, 0.3) is 15.9 Å². The van der Waals surface area contributed by atoms with Gasteiger partial charge in [0.1, 0.15) is 0 Å². The van der Waals surface area contributed by atoms with Crippen LogP contribution < -0.4 is 5.32 Å². The molecule has 0 bridgehead atoms. The third-order valence-electron chi connectivity index (χ3n) is 5.11. The van der Waals surface area contributed by atoms with Gasteiger partial charge in [-0.3, -0.25) is 15.0 Å². The highest BCUT2D eigenvalue weighted by Crippen LogP contribution is 2.25. The van der Waals surface area contributed by atoms with E-state index in [0.717, 1.165) is 23.4 Å². The maximum Gasteiger partial charge on any atom is 0.272 e. The van der Waals surface area contributed by atoms with Crippen LogP contribution in [0.3, 0.4) is 0 Å². The summed E-state index contributed by atoms with van der Waals surface area (Å²) >= 11 is 6.86. The van der Waals surface area contributed by atoms with Crippen molar-refractivity contribution in [3.8, 4) is 0 Å². The second-order valence-electron chi connectivity index (χ2n) is 7.32. The molecular weight excluding hydrogens is 482 g/mol. The van der Waals surface area contributed by atoms with E-state index in [1.807, 2.05) is 30.3 Å². The van der Waals surface area contributed by atoms with E-state index in [4.69, 9.17) is 11.6 Å². The number of aromatic nitrogens is 2. The van der Waals surface area contributed by atoms with Gasteiger partial charge in [-0.1, -0.05) is 77.6 Å². The zero-order valence-corrected chi connectivity index (χ0v) is 20.0. The normalized spacial score (nSPS) is 15.7. The summed E-state index contributed by atoms with van der Waals surface area (Å²) in [6.45, 7) is 2.71. The summed E-state index contributed by atoms with van der Waals surface area (Å²) in [7, 11) is -3.78. The molecular formula is C22H22ClN5O3S2. The highest BCUT2D eigenvalue weighted by Gasteiger charge is 2.31. The van der Waals surface area contributed by atoms with Gasteiger partial charge in [-0.15, -0.1) is 10.2 Å². The Kier molecular flexibility index (Phi) is 7.51. The van der Waals surface area contributed by atoms with Gasteiger partial charge in [0, 0.05) is 32.7 Å². The van der Waals surface area contributed by atoms with Crippen molar-refractivity contribution >= 4 is 50.1 Å². The van der Waals surface area contributed by atoms with Gasteiger partial charge in [-0.05, 0) is 17.7 Å². The molecule has 0 spiro atoms. The van der Waals surface area contributed by atoms with Crippen molar-refractivity contribution in [2.24, 2.45) is 0 Å². The smallest absolute Gasteiger partial charge is 0.272 e. The molecule has 8 nitrogen and oxygen atoms in total. The summed E-state index contributed by atoms with van der Waals surface area (Å²) in [4.78, 5) is 14.6. The van der Waals surface area contributed by atoms with Crippen LogP contribution in [-0.4, -0.2) is 66.5 Å². The highest BCUT2D eigenvalue weighted by atomic mass is 35.5. The van der Waals surface area contributed by atoms with E-state index >= 15 is 0 Å². The lowest BCUT2D eigenvalue weighted by Gasteiger charge is -2.32. The molecule has 1 aliphatic rings. The highest BCUT2D eigenvalue weighted by molar-refractivity contribution is 7.91. The summed E-state index contributed by atoms with van der Waals surface area (Å²) in [5.41, 5.74) is 1.41. The number of carbonyl (C=O) groups excluding carboxylic acids is 1. The lowest BCUT2D eigenvalue weighted by molar-refractivity contribution is 0.102. The molecule has 1 amide bonds. The SMILES string of the molecule is O=C(Nc1nnc(S(=O)(=O)N2CCN(C/C=C/c3ccccc3)CC2)s1)c1ccccc1Cl. The number of carbonyl (C=O) groups is 1. The molecule has 1 saturated heterocycles. The first-order valence-electron chi connectivity index (χ1n) is 10.3. The molecule has 1 N–H and O–H groups in total. The summed E-state index contributed by atoms with van der Waals surface area (Å²) in [5, 5.41) is 10.6. The number of anilines is 1. The van der Waals surface area contributed by atoms with E-state index in [1.54, 1.807) is 24.3 Å². The van der Waals surface area contributed by atoms with Crippen LogP contribution in [-0.2, 0) is 10.0 Å². The molecule has 3 aromatic rings. The minimum absolute atomic E-state index is 0.100. The third kappa shape index (κ3) is 5.84. The molecule has 11 heteroatoms. The number of nitrogens with one attached hydrogen (secondary N) is 1. The Labute approximate surface area is 201 Å². The van der Waals surface area contributed by atoms with Crippen LogP contribution in [0, 0.1) is 0 Å². The number of amides is 1. The van der Waals surface area contributed by atoms with Crippen molar-refractivity contribution in [3.05, 3.63) is 76.8 Å². The first-order chi connectivity index (χ1) is 15.9. The Morgan fingerprint density at radius 3 is 2.45 bits per heavy atom. The van der Waals surface area contributed by atoms with Gasteiger partial charge in [-0.25, -0.2) is 8.42 Å². The zero-order chi connectivity index (χ0) is 23.3. The first kappa shape index (κ1) is 23.5. The number of sulfonamides is 1. The molecule has 33 heavy (non-hydrogen) atoms. The average Bonchev–Trinajstić information content (AvgIpc) is 3.30. The maximum absolute atomic E-state index is 13.0. The van der Waals surface area contributed by atoms with Crippen LogP contribution in [0.25, 0.3) is 6.08 Å². The van der Waals surface area contributed by atoms with Crippen molar-refractivity contribution in [1.82, 2.24) is 19.4 Å². The molecule has 1 aromatic heterocycles. The Morgan fingerprint density at radius 2 is 1.73 bits per heavy atom. The molecule has 0 aliphatic carbocycles. The van der Waals surface area contributed by atoms with E-state index in [2.05, 4.69) is 32.6 Å². The molecule has 0 radical (unpaired) electrons. The first-order valence-corrected chi connectivity index (χ1v) is 12.9. The fourth-order valence-electron chi connectivity index (χ4n) is 3.34. The van der Waals surface area contributed by atoms with Crippen LogP contribution in [0.4, 0.5) is 5.13 Å². The third-order valence-corrected chi connectivity index (χ3v) is 8.52. The molecule has 2 aromatic carbocycles. The predicted molar refractivity (Wildman–Crippen MR) is 130 cm³/mol. The van der Waals surface area contributed by atoms with Gasteiger partial charge >= 0.3 is 0 Å². The fraction of sp³-hybridized carbons (Fsp3) is 0.227. The lowest BCUT2D eigenvalue weighted by atomic mass is 10.2. The number of hydrogen-bond donors (Lipinski definition) is 1. The van der Waals surface area contributed by atoms with E-state index in [1.165, 1.54) is 4.31 Å². The van der Waals surface area contributed by atoms with E-state index < -0.39 is 15.9 Å². The molecule has 172 valence electrons. The number of nitrogens with zero attached hydrogens (tertiary/aromatic N) is 4. The predicted octanol–water partition coefficient (Wildman–Crippen LogP) is 3.46. The van der Waals surface area contributed by atoms with Gasteiger partial charge in [0.2, 0.25) is 9.47 Å². The van der Waals surface area contributed by atoms with Crippen LogP contribution >= 0.6 is 22.9 Å². The quantitative estimate of drug-likeness (QED) is 0.496. The fourth-order valence-corrected chi connectivity index (χ4v) is 6.02. The van der Waals surface area contributed by atoms with Crippen molar-refractivity contribution in [3.63, 3.8) is 0 Å². The molecule has 0 unspecified atom stereocenters. The lowest BCUT2D eigenvalue weighted by Crippen LogP contribution is -2.48. The van der Waals surface area contributed by atoms with Crippen molar-refractivity contribution in [2.75, 3.05) is 38.0 Å². The number of halogens is 1. The van der Waals surface area contributed by atoms with E-state index in [9.17, 15) is 13.2 Å². The van der Waals surface area contributed by atoms with Gasteiger partial charge in [0.15, 0.2) is 0 Å². The molecule has 0 atom stereocenters. The topological polar surface area (TPSA) is 95.5 Å². The summed E-state index contributed by atoms with van der Waals surface area (Å²) in [6.07, 6.45) is 4.14. The minimum Gasteiger partial charge on any atom is -0.297 e. The van der Waals surface area contributed by atoms with E-state index in [-0.39, 0.29) is 15.0 Å². The monoisotopic (exact) mass is 503 g/mol. The van der Waals surface area contributed by atoms with Crippen LogP contribution in [0.15, 0.2) is 65.0 Å². The van der Waals surface area contributed by atoms with Gasteiger partial charge in [0.05, 0.1) is 10.6 Å². The minimum atomic E-state index is -3.78. The standard InChI is InChI=1S/C22H22ClN5O3S2/c23-19-11-5-4-10-18(19)20(29)24-21-25-26-22(32-21)33(30,31)28-15-13-27(14-16-28)12-6-9-17-7-2-1-3-8-17/h1-11H,12-16H2,(H,24,25,29)/b9-6+. The number of piperazine rings is 1. The van der Waals surface area contributed by atoms with Crippen LogP contribution in [0.1, 0.15) is 15.9 Å². The zero-order valence-electron chi connectivity index (χ0n) is 17.6. The van der Waals surface area contributed by atoms with Gasteiger partial charge < -0.3 is 0 Å². The Balaban J connectivity index is 1.33. The second-order valence-corrected chi connectivity index (χ2v) is 10.8. The maximum atomic E-state index is 13.0. The molecule has 4 rings (SSSR count). The molecule has 2 heterocycles. The van der Waals surface area contributed by atoms with Crippen molar-refractivity contribution in [2.45, 2.75) is 4.34 Å². The molecule has 1 aliphatic heterocycles. The van der Waals surface area contributed by atoms with Gasteiger partial charge in [-0.2, -0.15) is 4.31 Å². The second kappa shape index (κ2) is 10.5. The van der Waals surface area contributed by atoms with Crippen LogP contribution in [0.5, 0.6) is 0 Å². The molecule has 1 fully saturated rings.